The molecule has 1 aliphatic carbocycles. The molecule has 2 unspecified atom stereocenters. The quantitative estimate of drug-likeness (QED) is 0.324. The molecule has 2 atom stereocenters. The first-order valence-electron chi connectivity index (χ1n) is 9.63. The molecule has 33 heavy (non-hydrogen) atoms. The number of rotatable bonds is 5. The van der Waals surface area contributed by atoms with E-state index in [1.165, 1.54) is 12.1 Å². The number of benzene rings is 2. The van der Waals surface area contributed by atoms with E-state index >= 15 is 0 Å². The van der Waals surface area contributed by atoms with E-state index in [1.807, 2.05) is 0 Å². The van der Waals surface area contributed by atoms with Crippen LogP contribution in [0.15, 0.2) is 36.4 Å². The lowest BCUT2D eigenvalue weighted by Crippen LogP contribution is -2.31. The molecule has 2 aromatic rings. The molecular formula is C22H16Cl2F7NO. The van der Waals surface area contributed by atoms with Crippen molar-refractivity contribution in [3.05, 3.63) is 74.5 Å². The minimum atomic E-state index is -4.70. The lowest BCUT2D eigenvalue weighted by atomic mass is 9.96. The van der Waals surface area contributed by atoms with Gasteiger partial charge < -0.3 is 5.32 Å². The molecule has 0 spiro atoms. The first kappa shape index (κ1) is 25.4. The van der Waals surface area contributed by atoms with Crippen LogP contribution in [-0.2, 0) is 11.2 Å². The molecule has 1 aliphatic rings. The van der Waals surface area contributed by atoms with Crippen LogP contribution in [-0.4, -0.2) is 18.3 Å². The van der Waals surface area contributed by atoms with Crippen molar-refractivity contribution >= 4 is 35.2 Å². The lowest BCUT2D eigenvalue weighted by Gasteiger charge is -2.18. The Morgan fingerprint density at radius 1 is 1.09 bits per heavy atom. The zero-order valence-corrected chi connectivity index (χ0v) is 18.1. The molecule has 178 valence electrons. The Bertz CT molecular complexity index is 1060. The predicted molar refractivity (Wildman–Crippen MR) is 111 cm³/mol. The molecule has 0 saturated carbocycles. The Morgan fingerprint density at radius 2 is 1.73 bits per heavy atom. The smallest absolute Gasteiger partial charge is 0.349 e. The number of carbonyl (C=O) groups excluding carboxylic acids is 1. The van der Waals surface area contributed by atoms with Crippen molar-refractivity contribution in [2.75, 3.05) is 0 Å². The van der Waals surface area contributed by atoms with Crippen LogP contribution in [0.5, 0.6) is 0 Å². The topological polar surface area (TPSA) is 29.1 Å². The summed E-state index contributed by atoms with van der Waals surface area (Å²) < 4.78 is 91.6. The Hall–Kier alpha value is -2.26. The van der Waals surface area contributed by atoms with Crippen molar-refractivity contribution in [3.63, 3.8) is 0 Å². The van der Waals surface area contributed by atoms with Gasteiger partial charge >= 0.3 is 12.4 Å². The van der Waals surface area contributed by atoms with Crippen LogP contribution < -0.4 is 5.32 Å². The number of alkyl halides is 6. The summed E-state index contributed by atoms with van der Waals surface area (Å²) in [5.41, 5.74) is 1.42. The van der Waals surface area contributed by atoms with E-state index in [1.54, 1.807) is 12.1 Å². The summed E-state index contributed by atoms with van der Waals surface area (Å²) in [5.74, 6) is -4.26. The fourth-order valence-electron chi connectivity index (χ4n) is 3.69. The molecule has 0 heterocycles. The molecule has 1 N–H and O–H groups in total. The minimum absolute atomic E-state index is 0.330. The first-order valence-corrected chi connectivity index (χ1v) is 10.4. The second-order valence-corrected chi connectivity index (χ2v) is 8.40. The molecule has 0 radical (unpaired) electrons. The van der Waals surface area contributed by atoms with Gasteiger partial charge in [0.1, 0.15) is 6.42 Å². The molecule has 0 saturated heterocycles. The van der Waals surface area contributed by atoms with E-state index in [0.717, 1.165) is 18.2 Å². The third kappa shape index (κ3) is 6.41. The number of halogens is 9. The highest BCUT2D eigenvalue weighted by molar-refractivity contribution is 6.35. The van der Waals surface area contributed by atoms with E-state index in [2.05, 4.69) is 5.32 Å². The second kappa shape index (κ2) is 9.54. The van der Waals surface area contributed by atoms with E-state index < -0.39 is 52.5 Å². The number of amides is 1. The van der Waals surface area contributed by atoms with Crippen LogP contribution in [0.25, 0.3) is 6.08 Å². The predicted octanol–water partition coefficient (Wildman–Crippen LogP) is 7.55. The Balaban J connectivity index is 1.80. The molecule has 2 nitrogen and oxygen atoms in total. The third-order valence-electron chi connectivity index (χ3n) is 5.14. The van der Waals surface area contributed by atoms with Gasteiger partial charge in [-0.05, 0) is 47.2 Å². The number of nitrogens with one attached hydrogen (secondary N) is 1. The highest BCUT2D eigenvalue weighted by Crippen LogP contribution is 2.40. The molecule has 2 aromatic carbocycles. The fourth-order valence-corrected chi connectivity index (χ4v) is 4.19. The number of fused-ring (bicyclic) bond motifs is 1. The molecule has 3 rings (SSSR count). The van der Waals surface area contributed by atoms with Gasteiger partial charge in [-0.15, -0.1) is 0 Å². The molecule has 11 heteroatoms. The molecule has 1 amide bonds. The lowest BCUT2D eigenvalue weighted by molar-refractivity contribution is -0.154. The van der Waals surface area contributed by atoms with Crippen LogP contribution >= 0.6 is 23.2 Å². The highest BCUT2D eigenvalue weighted by atomic mass is 35.5. The van der Waals surface area contributed by atoms with Gasteiger partial charge in [-0.25, -0.2) is 4.39 Å². The van der Waals surface area contributed by atoms with E-state index in [-0.39, 0.29) is 5.56 Å². The first-order chi connectivity index (χ1) is 15.2. The van der Waals surface area contributed by atoms with E-state index in [4.69, 9.17) is 23.2 Å². The average molecular weight is 514 g/mol. The maximum atomic E-state index is 13.6. The van der Waals surface area contributed by atoms with Crippen molar-refractivity contribution in [1.29, 1.82) is 0 Å². The molecule has 0 bridgehead atoms. The van der Waals surface area contributed by atoms with Gasteiger partial charge in [-0.1, -0.05) is 53.6 Å². The molecule has 0 fully saturated rings. The summed E-state index contributed by atoms with van der Waals surface area (Å²) in [4.78, 5) is 11.6. The number of hydrogen-bond donors (Lipinski definition) is 1. The van der Waals surface area contributed by atoms with Gasteiger partial charge in [0, 0.05) is 0 Å². The normalized spacial score (nSPS) is 17.3. The van der Waals surface area contributed by atoms with Gasteiger partial charge in [0.25, 0.3) is 0 Å². The fraction of sp³-hybridized carbons (Fsp3) is 0.318. The van der Waals surface area contributed by atoms with Gasteiger partial charge in [-0.2, -0.15) is 26.3 Å². The van der Waals surface area contributed by atoms with Crippen LogP contribution in [0, 0.1) is 5.82 Å². The van der Waals surface area contributed by atoms with Crippen LogP contribution in [0.1, 0.15) is 47.1 Å². The van der Waals surface area contributed by atoms with Gasteiger partial charge in [0.05, 0.1) is 22.0 Å². The Labute approximate surface area is 194 Å². The SMILES string of the molecule is O=C(CC(F)(F)F)NC1CCc2cc(/C=C/C(c3cc(Cl)c(F)c(Cl)c3)C(F)(F)F)ccc21. The van der Waals surface area contributed by atoms with E-state index in [9.17, 15) is 35.5 Å². The summed E-state index contributed by atoms with van der Waals surface area (Å²) >= 11 is 11.3. The van der Waals surface area contributed by atoms with Crippen molar-refractivity contribution in [3.8, 4) is 0 Å². The van der Waals surface area contributed by atoms with Crippen LogP contribution in [0.4, 0.5) is 30.7 Å². The van der Waals surface area contributed by atoms with Crippen LogP contribution in [0.2, 0.25) is 10.0 Å². The summed E-state index contributed by atoms with van der Waals surface area (Å²) in [6.45, 7) is 0. The number of carbonyl (C=O) groups is 1. The molecular weight excluding hydrogens is 498 g/mol. The maximum absolute atomic E-state index is 13.6. The standard InChI is InChI=1S/C22H16Cl2F7NO/c23-16-8-13(9-17(24)20(16)25)15(22(29,30)31)5-2-11-1-4-14-12(7-11)3-6-18(14)32-19(33)10-21(26,27)28/h1-2,4-5,7-9,15,18H,3,6,10H2,(H,32,33)/b5-2+. The summed E-state index contributed by atoms with van der Waals surface area (Å²) in [6.07, 6.45) is -7.96. The van der Waals surface area contributed by atoms with Crippen molar-refractivity contribution in [2.24, 2.45) is 0 Å². The highest BCUT2D eigenvalue weighted by Gasteiger charge is 2.39. The van der Waals surface area contributed by atoms with Gasteiger partial charge in [0.2, 0.25) is 5.91 Å². The zero-order valence-electron chi connectivity index (χ0n) is 16.6. The number of aryl methyl sites for hydroxylation is 1. The number of hydrogen-bond acceptors (Lipinski definition) is 1. The summed E-state index contributed by atoms with van der Waals surface area (Å²) in [7, 11) is 0. The minimum Gasteiger partial charge on any atom is -0.349 e. The van der Waals surface area contributed by atoms with Crippen molar-refractivity contribution in [1.82, 2.24) is 5.32 Å². The summed E-state index contributed by atoms with van der Waals surface area (Å²) in [6, 6.07) is 5.81. The molecule has 0 aliphatic heterocycles. The zero-order chi connectivity index (χ0) is 24.6. The largest absolute Gasteiger partial charge is 0.399 e. The van der Waals surface area contributed by atoms with Crippen molar-refractivity contribution in [2.45, 2.75) is 43.6 Å². The molecule has 0 aromatic heterocycles. The van der Waals surface area contributed by atoms with E-state index in [0.29, 0.717) is 29.5 Å². The van der Waals surface area contributed by atoms with Gasteiger partial charge in [0.15, 0.2) is 5.82 Å². The second-order valence-electron chi connectivity index (χ2n) is 7.59. The third-order valence-corrected chi connectivity index (χ3v) is 5.69. The Morgan fingerprint density at radius 3 is 2.30 bits per heavy atom. The maximum Gasteiger partial charge on any atom is 0.399 e. The summed E-state index contributed by atoms with van der Waals surface area (Å²) in [5, 5.41) is 1.27. The number of allylic oxidation sites excluding steroid dienone is 1. The van der Waals surface area contributed by atoms with Crippen molar-refractivity contribution < 1.29 is 35.5 Å². The van der Waals surface area contributed by atoms with Gasteiger partial charge in [-0.3, -0.25) is 4.79 Å². The Kier molecular flexibility index (Phi) is 7.33. The monoisotopic (exact) mass is 513 g/mol. The average Bonchev–Trinajstić information content (AvgIpc) is 3.05. The van der Waals surface area contributed by atoms with Crippen LogP contribution in [0.3, 0.4) is 0 Å².